The van der Waals surface area contributed by atoms with Crippen LogP contribution in [0, 0.1) is 5.92 Å². The maximum absolute atomic E-state index is 11.3. The lowest BCUT2D eigenvalue weighted by Gasteiger charge is -2.20. The van der Waals surface area contributed by atoms with E-state index in [0.717, 1.165) is 18.4 Å². The third-order valence-corrected chi connectivity index (χ3v) is 3.41. The van der Waals surface area contributed by atoms with Crippen molar-refractivity contribution in [3.63, 3.8) is 0 Å². The molecule has 79 valence electrons. The first-order valence-corrected chi connectivity index (χ1v) is 5.74. The summed E-state index contributed by atoms with van der Waals surface area (Å²) in [6.45, 7) is 0. The summed E-state index contributed by atoms with van der Waals surface area (Å²) >= 11 is 11.8. The average Bonchev–Trinajstić information content (AvgIpc) is 2.22. The summed E-state index contributed by atoms with van der Waals surface area (Å²) in [7, 11) is 0. The molecule has 0 N–H and O–H groups in total. The molecular formula is C12H11Cl2O. The van der Waals surface area contributed by atoms with E-state index < -0.39 is 0 Å². The predicted molar refractivity (Wildman–Crippen MR) is 62.3 cm³/mol. The zero-order chi connectivity index (χ0) is 10.8. The number of ketones is 1. The summed E-state index contributed by atoms with van der Waals surface area (Å²) < 4.78 is 0. The van der Waals surface area contributed by atoms with Crippen molar-refractivity contribution in [1.29, 1.82) is 0 Å². The van der Waals surface area contributed by atoms with Gasteiger partial charge in [0.05, 0.1) is 10.0 Å². The van der Waals surface area contributed by atoms with Gasteiger partial charge in [-0.1, -0.05) is 29.3 Å². The van der Waals surface area contributed by atoms with Gasteiger partial charge in [-0.2, -0.15) is 0 Å². The van der Waals surface area contributed by atoms with Crippen LogP contribution < -0.4 is 0 Å². The lowest BCUT2D eigenvalue weighted by Crippen LogP contribution is -2.14. The first-order chi connectivity index (χ1) is 7.16. The quantitative estimate of drug-likeness (QED) is 0.725. The Kier molecular flexibility index (Phi) is 3.32. The van der Waals surface area contributed by atoms with E-state index in [4.69, 9.17) is 23.2 Å². The molecule has 1 nitrogen and oxygen atoms in total. The lowest BCUT2D eigenvalue weighted by molar-refractivity contribution is -0.119. The first kappa shape index (κ1) is 11.0. The van der Waals surface area contributed by atoms with Crippen molar-refractivity contribution in [2.75, 3.05) is 0 Å². The summed E-state index contributed by atoms with van der Waals surface area (Å²) in [6, 6.07) is 5.56. The molecule has 0 amide bonds. The van der Waals surface area contributed by atoms with Crippen molar-refractivity contribution in [3.05, 3.63) is 39.7 Å². The molecule has 2 rings (SSSR count). The standard InChI is InChI=1S/C12H11Cl2O/c13-11-5-4-9(7-12(11)14)8-2-1-3-10(15)6-8/h4-5,7H,1-3,6H2. The van der Waals surface area contributed by atoms with E-state index in [1.807, 2.05) is 12.1 Å². The zero-order valence-electron chi connectivity index (χ0n) is 8.22. The predicted octanol–water partition coefficient (Wildman–Crippen LogP) is 4.06. The second kappa shape index (κ2) is 4.54. The number of halogens is 2. The normalized spacial score (nSPS) is 18.1. The molecular weight excluding hydrogens is 231 g/mol. The van der Waals surface area contributed by atoms with Crippen LogP contribution >= 0.6 is 23.2 Å². The maximum atomic E-state index is 11.3. The van der Waals surface area contributed by atoms with Gasteiger partial charge < -0.3 is 0 Å². The molecule has 0 heterocycles. The van der Waals surface area contributed by atoms with Gasteiger partial charge >= 0.3 is 0 Å². The molecule has 1 aliphatic carbocycles. The molecule has 1 fully saturated rings. The number of rotatable bonds is 1. The first-order valence-electron chi connectivity index (χ1n) is 4.98. The fraction of sp³-hybridized carbons (Fsp3) is 0.333. The van der Waals surface area contributed by atoms with Crippen molar-refractivity contribution >= 4 is 29.0 Å². The summed E-state index contributed by atoms with van der Waals surface area (Å²) in [5.74, 6) is 1.51. The second-order valence-electron chi connectivity index (χ2n) is 3.80. The number of carbonyl (C=O) groups is 1. The van der Waals surface area contributed by atoms with Crippen molar-refractivity contribution in [2.45, 2.75) is 25.7 Å². The highest BCUT2D eigenvalue weighted by Gasteiger charge is 2.21. The van der Waals surface area contributed by atoms with Gasteiger partial charge in [0.1, 0.15) is 5.78 Å². The molecule has 3 heteroatoms. The van der Waals surface area contributed by atoms with Gasteiger partial charge in [0.2, 0.25) is 0 Å². The van der Waals surface area contributed by atoms with Crippen molar-refractivity contribution in [1.82, 2.24) is 0 Å². The van der Waals surface area contributed by atoms with E-state index in [-0.39, 0.29) is 0 Å². The van der Waals surface area contributed by atoms with Crippen LogP contribution in [0.25, 0.3) is 0 Å². The van der Waals surface area contributed by atoms with Crippen LogP contribution in [0.5, 0.6) is 0 Å². The molecule has 0 atom stereocenters. The minimum Gasteiger partial charge on any atom is -0.300 e. The van der Waals surface area contributed by atoms with Crippen LogP contribution in [-0.4, -0.2) is 5.78 Å². The van der Waals surface area contributed by atoms with Gasteiger partial charge in [-0.25, -0.2) is 0 Å². The molecule has 0 aromatic heterocycles. The molecule has 0 aliphatic heterocycles. The highest BCUT2D eigenvalue weighted by molar-refractivity contribution is 6.42. The third kappa shape index (κ3) is 2.53. The second-order valence-corrected chi connectivity index (χ2v) is 4.62. The smallest absolute Gasteiger partial charge is 0.133 e. The third-order valence-electron chi connectivity index (χ3n) is 2.67. The van der Waals surface area contributed by atoms with E-state index in [1.54, 1.807) is 6.07 Å². The Morgan fingerprint density at radius 3 is 2.53 bits per heavy atom. The highest BCUT2D eigenvalue weighted by Crippen LogP contribution is 2.33. The minimum atomic E-state index is 0.322. The van der Waals surface area contributed by atoms with Crippen molar-refractivity contribution in [2.24, 2.45) is 0 Å². The maximum Gasteiger partial charge on any atom is 0.133 e. The SMILES string of the molecule is O=C1CCC[C](c2ccc(Cl)c(Cl)c2)C1. The van der Waals surface area contributed by atoms with Gasteiger partial charge in [0.15, 0.2) is 0 Å². The van der Waals surface area contributed by atoms with Crippen LogP contribution in [0.4, 0.5) is 0 Å². The van der Waals surface area contributed by atoms with Gasteiger partial charge in [-0.3, -0.25) is 4.79 Å². The van der Waals surface area contributed by atoms with E-state index in [9.17, 15) is 4.79 Å². The topological polar surface area (TPSA) is 17.1 Å². The van der Waals surface area contributed by atoms with Crippen LogP contribution in [0.15, 0.2) is 18.2 Å². The largest absolute Gasteiger partial charge is 0.300 e. The Balaban J connectivity index is 2.21. The molecule has 1 aromatic rings. The monoisotopic (exact) mass is 241 g/mol. The Morgan fingerprint density at radius 2 is 1.87 bits per heavy atom. The molecule has 1 aromatic carbocycles. The number of carbonyl (C=O) groups excluding carboxylic acids is 1. The van der Waals surface area contributed by atoms with Gasteiger partial charge in [-0.15, -0.1) is 0 Å². The molecule has 1 radical (unpaired) electrons. The van der Waals surface area contributed by atoms with Crippen LogP contribution in [0.2, 0.25) is 10.0 Å². The van der Waals surface area contributed by atoms with Crippen molar-refractivity contribution in [3.8, 4) is 0 Å². The molecule has 0 saturated heterocycles. The average molecular weight is 242 g/mol. The molecule has 0 spiro atoms. The Hall–Kier alpha value is -0.530. The molecule has 0 unspecified atom stereocenters. The Bertz CT molecular complexity index is 387. The number of Topliss-reactive ketones (excluding diaryl/α,β-unsaturated/α-hetero) is 1. The van der Waals surface area contributed by atoms with Crippen LogP contribution in [-0.2, 0) is 4.79 Å². The fourth-order valence-electron chi connectivity index (χ4n) is 1.88. The van der Waals surface area contributed by atoms with Gasteiger partial charge in [-0.05, 0) is 30.5 Å². The molecule has 1 aliphatic rings. The Morgan fingerprint density at radius 1 is 1.07 bits per heavy atom. The zero-order valence-corrected chi connectivity index (χ0v) is 9.74. The van der Waals surface area contributed by atoms with Gasteiger partial charge in [0.25, 0.3) is 0 Å². The summed E-state index contributed by atoms with van der Waals surface area (Å²) in [6.07, 6.45) is 3.22. The van der Waals surface area contributed by atoms with E-state index in [2.05, 4.69) is 0 Å². The lowest BCUT2D eigenvalue weighted by atomic mass is 9.83. The Labute approximate surface area is 99.4 Å². The fourth-order valence-corrected chi connectivity index (χ4v) is 2.17. The summed E-state index contributed by atoms with van der Waals surface area (Å²) in [5.41, 5.74) is 1.05. The summed E-state index contributed by atoms with van der Waals surface area (Å²) in [5, 5.41) is 1.11. The van der Waals surface area contributed by atoms with Gasteiger partial charge in [0, 0.05) is 18.8 Å². The number of hydrogen-bond acceptors (Lipinski definition) is 1. The summed E-state index contributed by atoms with van der Waals surface area (Å²) in [4.78, 5) is 11.3. The van der Waals surface area contributed by atoms with Crippen LogP contribution in [0.3, 0.4) is 0 Å². The van der Waals surface area contributed by atoms with Crippen LogP contribution in [0.1, 0.15) is 31.2 Å². The van der Waals surface area contributed by atoms with E-state index in [1.165, 1.54) is 5.92 Å². The van der Waals surface area contributed by atoms with E-state index in [0.29, 0.717) is 28.7 Å². The molecule has 15 heavy (non-hydrogen) atoms. The minimum absolute atomic E-state index is 0.322. The number of benzene rings is 1. The molecule has 1 saturated carbocycles. The highest BCUT2D eigenvalue weighted by atomic mass is 35.5. The molecule has 0 bridgehead atoms. The van der Waals surface area contributed by atoms with E-state index >= 15 is 0 Å². The number of hydrogen-bond donors (Lipinski definition) is 0. The van der Waals surface area contributed by atoms with Crippen molar-refractivity contribution < 1.29 is 4.79 Å².